The topological polar surface area (TPSA) is 43.1 Å². The smallest absolute Gasteiger partial charge is 0.340 e. The van der Waals surface area contributed by atoms with Gasteiger partial charge < -0.3 is 4.57 Å². The molecule has 0 unspecified atom stereocenters. The average Bonchev–Trinajstić information content (AvgIpc) is 2.78. The number of nitrogens with zero attached hydrogens (tertiary/aromatic N) is 4. The van der Waals surface area contributed by atoms with E-state index < -0.39 is 11.7 Å². The van der Waals surface area contributed by atoms with Crippen molar-refractivity contribution in [3.05, 3.63) is 95.5 Å². The van der Waals surface area contributed by atoms with E-state index in [1.54, 1.807) is 36.3 Å². The van der Waals surface area contributed by atoms with E-state index in [1.165, 1.54) is 6.07 Å². The molecule has 2 heterocycles. The minimum absolute atomic E-state index is 0. The highest BCUT2D eigenvalue weighted by Gasteiger charge is 2.30. The molecule has 0 amide bonds. The Hall–Kier alpha value is -2.84. The van der Waals surface area contributed by atoms with E-state index in [1.807, 2.05) is 35.2 Å². The molecule has 0 aliphatic rings. The molecule has 0 atom stereocenters. The normalized spacial score (nSPS) is 12.1. The Morgan fingerprint density at radius 3 is 2.50 bits per heavy atom. The lowest BCUT2D eigenvalue weighted by atomic mass is 10.1. The van der Waals surface area contributed by atoms with Crippen molar-refractivity contribution in [2.45, 2.75) is 24.2 Å². The van der Waals surface area contributed by atoms with Crippen molar-refractivity contribution in [1.29, 1.82) is 0 Å². The van der Waals surface area contributed by atoms with Gasteiger partial charge in [0.1, 0.15) is 5.82 Å². The number of rotatable bonds is 5. The first kappa shape index (κ1) is 23.8. The second kappa shape index (κ2) is 10.2. The van der Waals surface area contributed by atoms with Crippen LogP contribution in [0.4, 0.5) is 13.2 Å². The maximum absolute atomic E-state index is 13.0. The predicted molar refractivity (Wildman–Crippen MR) is 123 cm³/mol. The van der Waals surface area contributed by atoms with Crippen LogP contribution in [-0.2, 0) is 19.3 Å². The van der Waals surface area contributed by atoms with Crippen molar-refractivity contribution in [1.82, 2.24) is 14.5 Å². The van der Waals surface area contributed by atoms with Crippen LogP contribution in [0.15, 0.2) is 83.1 Å². The molecule has 4 aromatic rings. The summed E-state index contributed by atoms with van der Waals surface area (Å²) in [5, 5.41) is 1.65. The number of hydrogen-bond acceptors (Lipinski definition) is 4. The summed E-state index contributed by atoms with van der Waals surface area (Å²) in [4.78, 5) is 14.3. The number of alkyl halides is 3. The van der Waals surface area contributed by atoms with Gasteiger partial charge in [0, 0.05) is 28.9 Å². The fourth-order valence-corrected chi connectivity index (χ4v) is 3.72. The standard InChI is InChI=1S/C23H19F3N4S.ClH/c1-31-18-6-7-19-20(29-14-16-4-2-5-17(12-16)23(24,25)26)8-11-30(21(19)13-18)15-22-27-9-3-10-28-22;/h2-13H,14-15H2,1H3;1H. The van der Waals surface area contributed by atoms with Crippen LogP contribution in [0.25, 0.3) is 10.9 Å². The van der Waals surface area contributed by atoms with Crippen molar-refractivity contribution in [3.8, 4) is 0 Å². The molecule has 0 spiro atoms. The third-order valence-electron chi connectivity index (χ3n) is 4.82. The van der Waals surface area contributed by atoms with Crippen LogP contribution in [0, 0.1) is 0 Å². The monoisotopic (exact) mass is 476 g/mol. The number of fused-ring (bicyclic) bond motifs is 1. The van der Waals surface area contributed by atoms with Crippen LogP contribution >= 0.6 is 24.2 Å². The minimum atomic E-state index is -4.37. The van der Waals surface area contributed by atoms with Crippen LogP contribution in [0.2, 0.25) is 0 Å². The number of pyridine rings is 1. The molecule has 0 N–H and O–H groups in total. The zero-order valence-corrected chi connectivity index (χ0v) is 18.7. The molecule has 0 aliphatic heterocycles. The number of aromatic nitrogens is 3. The summed E-state index contributed by atoms with van der Waals surface area (Å²) in [5.74, 6) is 0.692. The van der Waals surface area contributed by atoms with E-state index in [9.17, 15) is 13.2 Å². The number of thioether (sulfide) groups is 1. The van der Waals surface area contributed by atoms with E-state index in [0.29, 0.717) is 17.9 Å². The van der Waals surface area contributed by atoms with Crippen molar-refractivity contribution < 1.29 is 13.2 Å². The fourth-order valence-electron chi connectivity index (χ4n) is 3.29. The molecule has 32 heavy (non-hydrogen) atoms. The minimum Gasteiger partial charge on any atom is -0.340 e. The maximum atomic E-state index is 13.0. The summed E-state index contributed by atoms with van der Waals surface area (Å²) in [6.45, 7) is 0.665. The van der Waals surface area contributed by atoms with Gasteiger partial charge in [0.05, 0.1) is 29.5 Å². The van der Waals surface area contributed by atoms with Crippen molar-refractivity contribution in [2.24, 2.45) is 4.99 Å². The van der Waals surface area contributed by atoms with E-state index >= 15 is 0 Å². The van der Waals surface area contributed by atoms with Gasteiger partial charge in [-0.25, -0.2) is 9.97 Å². The first-order valence-electron chi connectivity index (χ1n) is 9.54. The molecule has 2 aromatic heterocycles. The van der Waals surface area contributed by atoms with Gasteiger partial charge in [-0.05, 0) is 54.3 Å². The molecule has 166 valence electrons. The van der Waals surface area contributed by atoms with Crippen molar-refractivity contribution >= 4 is 35.1 Å². The number of halogens is 4. The Balaban J connectivity index is 0.00000289. The SMILES string of the molecule is CSc1ccc2c(=NCc3cccc(C(F)(F)F)c3)ccn(Cc3ncccn3)c2c1.Cl. The van der Waals surface area contributed by atoms with E-state index in [4.69, 9.17) is 0 Å². The number of benzene rings is 2. The van der Waals surface area contributed by atoms with Gasteiger partial charge in [-0.1, -0.05) is 12.1 Å². The van der Waals surface area contributed by atoms with Gasteiger partial charge in [-0.15, -0.1) is 24.2 Å². The molecule has 0 radical (unpaired) electrons. The van der Waals surface area contributed by atoms with Crippen LogP contribution in [0.3, 0.4) is 0 Å². The van der Waals surface area contributed by atoms with Crippen molar-refractivity contribution in [2.75, 3.05) is 6.26 Å². The zero-order valence-electron chi connectivity index (χ0n) is 17.1. The van der Waals surface area contributed by atoms with Crippen LogP contribution in [-0.4, -0.2) is 20.8 Å². The highest BCUT2D eigenvalue weighted by Crippen LogP contribution is 2.29. The molecule has 4 nitrogen and oxygen atoms in total. The first-order chi connectivity index (χ1) is 14.9. The Labute approximate surface area is 193 Å². The van der Waals surface area contributed by atoms with Gasteiger partial charge in [-0.3, -0.25) is 4.99 Å². The first-order valence-corrected chi connectivity index (χ1v) is 10.8. The molecule has 0 aliphatic carbocycles. The van der Waals surface area contributed by atoms with Crippen molar-refractivity contribution in [3.63, 3.8) is 0 Å². The van der Waals surface area contributed by atoms with Gasteiger partial charge in [0.2, 0.25) is 0 Å². The van der Waals surface area contributed by atoms with Gasteiger partial charge >= 0.3 is 6.18 Å². The van der Waals surface area contributed by atoms with Gasteiger partial charge in [-0.2, -0.15) is 13.2 Å². The molecular weight excluding hydrogens is 457 g/mol. The fraction of sp³-hybridized carbons (Fsp3) is 0.174. The third kappa shape index (κ3) is 5.49. The van der Waals surface area contributed by atoms with Gasteiger partial charge in [0.25, 0.3) is 0 Å². The Morgan fingerprint density at radius 2 is 1.78 bits per heavy atom. The van der Waals surface area contributed by atoms with Gasteiger partial charge in [0.15, 0.2) is 0 Å². The second-order valence-electron chi connectivity index (χ2n) is 6.89. The van der Waals surface area contributed by atoms with Crippen LogP contribution in [0.5, 0.6) is 0 Å². The summed E-state index contributed by atoms with van der Waals surface area (Å²) < 4.78 is 41.0. The van der Waals surface area contributed by atoms with E-state index in [0.717, 1.165) is 33.3 Å². The predicted octanol–water partition coefficient (Wildman–Crippen LogP) is 5.74. The van der Waals surface area contributed by atoms with Crippen LogP contribution < -0.4 is 5.36 Å². The molecule has 0 saturated heterocycles. The molecule has 0 bridgehead atoms. The highest BCUT2D eigenvalue weighted by molar-refractivity contribution is 7.98. The summed E-state index contributed by atoms with van der Waals surface area (Å²) in [7, 11) is 0. The molecular formula is C23H20ClF3N4S. The quantitative estimate of drug-likeness (QED) is 0.345. The Bertz CT molecular complexity index is 1270. The molecule has 2 aromatic carbocycles. The lowest BCUT2D eigenvalue weighted by molar-refractivity contribution is -0.137. The highest BCUT2D eigenvalue weighted by atomic mass is 35.5. The molecule has 0 fully saturated rings. The largest absolute Gasteiger partial charge is 0.416 e. The van der Waals surface area contributed by atoms with Crippen LogP contribution in [0.1, 0.15) is 17.0 Å². The zero-order chi connectivity index (χ0) is 21.8. The summed E-state index contributed by atoms with van der Waals surface area (Å²) in [5.41, 5.74) is 0.811. The molecule has 9 heteroatoms. The second-order valence-corrected chi connectivity index (χ2v) is 7.77. The third-order valence-corrected chi connectivity index (χ3v) is 5.55. The van der Waals surface area contributed by atoms with E-state index in [2.05, 4.69) is 21.0 Å². The maximum Gasteiger partial charge on any atom is 0.416 e. The Morgan fingerprint density at radius 1 is 1.00 bits per heavy atom. The molecule has 4 rings (SSSR count). The average molecular weight is 477 g/mol. The Kier molecular flexibility index (Phi) is 7.58. The lowest BCUT2D eigenvalue weighted by Crippen LogP contribution is -2.12. The summed E-state index contributed by atoms with van der Waals surface area (Å²) >= 11 is 1.64. The summed E-state index contributed by atoms with van der Waals surface area (Å²) in [6, 6.07) is 15.0. The molecule has 0 saturated carbocycles. The van der Waals surface area contributed by atoms with E-state index in [-0.39, 0.29) is 19.0 Å². The lowest BCUT2D eigenvalue weighted by Gasteiger charge is -2.12. The summed E-state index contributed by atoms with van der Waals surface area (Å²) in [6.07, 6.45) is 2.96. The number of hydrogen-bond donors (Lipinski definition) is 0.